The van der Waals surface area contributed by atoms with Gasteiger partial charge in [-0.3, -0.25) is 4.79 Å². The predicted octanol–water partition coefficient (Wildman–Crippen LogP) is 2.75. The van der Waals surface area contributed by atoms with Gasteiger partial charge in [-0.25, -0.2) is 0 Å². The van der Waals surface area contributed by atoms with Crippen molar-refractivity contribution in [1.82, 2.24) is 0 Å². The monoisotopic (exact) mass is 247 g/mol. The molecule has 1 saturated heterocycles. The minimum atomic E-state index is 0.123. The van der Waals surface area contributed by atoms with Crippen molar-refractivity contribution in [2.45, 2.75) is 19.8 Å². The lowest BCUT2D eigenvalue weighted by Gasteiger charge is -2.29. The molecule has 3 heteroatoms. The molecule has 0 saturated carbocycles. The summed E-state index contributed by atoms with van der Waals surface area (Å²) in [6.07, 6.45) is 2.36. The molecule has 1 aliphatic rings. The second-order valence-electron chi connectivity index (χ2n) is 5.04. The van der Waals surface area contributed by atoms with Gasteiger partial charge in [0, 0.05) is 31.5 Å². The van der Waals surface area contributed by atoms with E-state index in [-0.39, 0.29) is 5.78 Å². The lowest BCUT2D eigenvalue weighted by Crippen LogP contribution is -2.31. The van der Waals surface area contributed by atoms with E-state index in [0.717, 1.165) is 37.4 Å². The van der Waals surface area contributed by atoms with Crippen molar-refractivity contribution >= 4 is 11.5 Å². The van der Waals surface area contributed by atoms with E-state index in [1.54, 1.807) is 6.92 Å². The fourth-order valence-electron chi connectivity index (χ4n) is 2.54. The molecule has 18 heavy (non-hydrogen) atoms. The van der Waals surface area contributed by atoms with Crippen LogP contribution in [0.5, 0.6) is 0 Å². The van der Waals surface area contributed by atoms with Gasteiger partial charge in [0.2, 0.25) is 0 Å². The molecule has 1 fully saturated rings. The molecule has 1 aromatic rings. The number of ether oxygens (including phenoxy) is 1. The topological polar surface area (TPSA) is 29.5 Å². The molecule has 2 rings (SSSR count). The summed E-state index contributed by atoms with van der Waals surface area (Å²) in [5.74, 6) is 0.695. The number of benzene rings is 1. The first-order valence-corrected chi connectivity index (χ1v) is 6.57. The van der Waals surface area contributed by atoms with E-state index in [9.17, 15) is 4.79 Å². The van der Waals surface area contributed by atoms with Crippen LogP contribution in [0.3, 0.4) is 0 Å². The summed E-state index contributed by atoms with van der Waals surface area (Å²) in [5, 5.41) is 0. The van der Waals surface area contributed by atoms with Crippen LogP contribution in [0.25, 0.3) is 0 Å². The number of nitrogens with zero attached hydrogens (tertiary/aromatic N) is 1. The van der Waals surface area contributed by atoms with E-state index in [1.807, 2.05) is 24.3 Å². The van der Waals surface area contributed by atoms with Crippen molar-refractivity contribution in [1.29, 1.82) is 0 Å². The minimum absolute atomic E-state index is 0.123. The van der Waals surface area contributed by atoms with Gasteiger partial charge in [-0.2, -0.15) is 0 Å². The number of carbonyl (C=O) groups excluding carboxylic acids is 1. The summed E-state index contributed by atoms with van der Waals surface area (Å²) < 4.78 is 5.50. The van der Waals surface area contributed by atoms with E-state index in [0.29, 0.717) is 5.92 Å². The second kappa shape index (κ2) is 6.01. The van der Waals surface area contributed by atoms with Gasteiger partial charge in [0.05, 0.1) is 6.61 Å². The number of carbonyl (C=O) groups is 1. The Hall–Kier alpha value is -1.35. The summed E-state index contributed by atoms with van der Waals surface area (Å²) in [4.78, 5) is 13.8. The molecular formula is C15H21NO2. The van der Waals surface area contributed by atoms with Crippen LogP contribution in [0.4, 0.5) is 5.69 Å². The standard InChI is InChI=1S/C15H21NO2/c1-12(17)14-7-3-4-8-15(14)16(2)10-13-6-5-9-18-11-13/h3-4,7-8,13H,5-6,9-11H2,1-2H3. The van der Waals surface area contributed by atoms with E-state index < -0.39 is 0 Å². The van der Waals surface area contributed by atoms with Gasteiger partial charge in [-0.1, -0.05) is 12.1 Å². The Morgan fingerprint density at radius 3 is 2.89 bits per heavy atom. The summed E-state index contributed by atoms with van der Waals surface area (Å²) in [5.41, 5.74) is 1.83. The fourth-order valence-corrected chi connectivity index (χ4v) is 2.54. The highest BCUT2D eigenvalue weighted by molar-refractivity contribution is 5.99. The zero-order valence-electron chi connectivity index (χ0n) is 11.2. The zero-order chi connectivity index (χ0) is 13.0. The third-order valence-corrected chi connectivity index (χ3v) is 3.48. The number of para-hydroxylation sites is 1. The SMILES string of the molecule is CC(=O)c1ccccc1N(C)CC1CCCOC1. The van der Waals surface area contributed by atoms with Gasteiger partial charge < -0.3 is 9.64 Å². The third kappa shape index (κ3) is 3.10. The highest BCUT2D eigenvalue weighted by Crippen LogP contribution is 2.22. The van der Waals surface area contributed by atoms with Crippen LogP contribution in [0, 0.1) is 5.92 Å². The van der Waals surface area contributed by atoms with E-state index in [4.69, 9.17) is 4.74 Å². The van der Waals surface area contributed by atoms with Gasteiger partial charge >= 0.3 is 0 Å². The van der Waals surface area contributed by atoms with Crippen molar-refractivity contribution in [3.8, 4) is 0 Å². The van der Waals surface area contributed by atoms with Crippen molar-refractivity contribution < 1.29 is 9.53 Å². The molecule has 0 bridgehead atoms. The Morgan fingerprint density at radius 2 is 2.22 bits per heavy atom. The minimum Gasteiger partial charge on any atom is -0.381 e. The van der Waals surface area contributed by atoms with Crippen LogP contribution in [-0.2, 0) is 4.74 Å². The third-order valence-electron chi connectivity index (χ3n) is 3.48. The molecule has 3 nitrogen and oxygen atoms in total. The molecule has 0 amide bonds. The number of rotatable bonds is 4. The summed E-state index contributed by atoms with van der Waals surface area (Å²) in [6.45, 7) is 4.30. The fraction of sp³-hybridized carbons (Fsp3) is 0.533. The first-order chi connectivity index (χ1) is 8.68. The molecule has 0 aliphatic carbocycles. The summed E-state index contributed by atoms with van der Waals surface area (Å²) >= 11 is 0. The van der Waals surface area contributed by atoms with Crippen LogP contribution in [-0.4, -0.2) is 32.6 Å². The maximum atomic E-state index is 11.6. The van der Waals surface area contributed by atoms with Crippen LogP contribution < -0.4 is 4.90 Å². The molecular weight excluding hydrogens is 226 g/mol. The average Bonchev–Trinajstić information content (AvgIpc) is 2.40. The molecule has 1 unspecified atom stereocenters. The molecule has 0 spiro atoms. The molecule has 0 N–H and O–H groups in total. The Bertz CT molecular complexity index is 411. The predicted molar refractivity (Wildman–Crippen MR) is 73.3 cm³/mol. The number of ketones is 1. The molecule has 0 aromatic heterocycles. The number of hydrogen-bond acceptors (Lipinski definition) is 3. The molecule has 1 heterocycles. The lowest BCUT2D eigenvalue weighted by atomic mass is 10.0. The quantitative estimate of drug-likeness (QED) is 0.766. The van der Waals surface area contributed by atoms with Gasteiger partial charge in [0.15, 0.2) is 5.78 Å². The van der Waals surface area contributed by atoms with Crippen LogP contribution in [0.2, 0.25) is 0 Å². The zero-order valence-corrected chi connectivity index (χ0v) is 11.2. The van der Waals surface area contributed by atoms with Crippen LogP contribution in [0.1, 0.15) is 30.1 Å². The van der Waals surface area contributed by atoms with Gasteiger partial charge in [0.25, 0.3) is 0 Å². The molecule has 98 valence electrons. The molecule has 0 radical (unpaired) electrons. The van der Waals surface area contributed by atoms with Crippen LogP contribution >= 0.6 is 0 Å². The maximum absolute atomic E-state index is 11.6. The molecule has 1 aromatic carbocycles. The highest BCUT2D eigenvalue weighted by Gasteiger charge is 2.18. The largest absolute Gasteiger partial charge is 0.381 e. The summed E-state index contributed by atoms with van der Waals surface area (Å²) in [7, 11) is 2.05. The number of hydrogen-bond donors (Lipinski definition) is 0. The van der Waals surface area contributed by atoms with E-state index in [2.05, 4.69) is 11.9 Å². The Balaban J connectivity index is 2.08. The number of Topliss-reactive ketones (excluding diaryl/α,β-unsaturated/α-hetero) is 1. The second-order valence-corrected chi connectivity index (χ2v) is 5.04. The normalized spacial score (nSPS) is 19.6. The first kappa shape index (κ1) is 13.1. The van der Waals surface area contributed by atoms with Crippen molar-refractivity contribution in [2.24, 2.45) is 5.92 Å². The lowest BCUT2D eigenvalue weighted by molar-refractivity contribution is 0.0576. The Morgan fingerprint density at radius 1 is 1.44 bits per heavy atom. The van der Waals surface area contributed by atoms with Gasteiger partial charge in [0.1, 0.15) is 0 Å². The van der Waals surface area contributed by atoms with Crippen molar-refractivity contribution in [3.63, 3.8) is 0 Å². The Kier molecular flexibility index (Phi) is 4.37. The molecule has 1 aliphatic heterocycles. The highest BCUT2D eigenvalue weighted by atomic mass is 16.5. The van der Waals surface area contributed by atoms with E-state index in [1.165, 1.54) is 6.42 Å². The summed E-state index contributed by atoms with van der Waals surface area (Å²) in [6, 6.07) is 7.80. The van der Waals surface area contributed by atoms with Crippen LogP contribution in [0.15, 0.2) is 24.3 Å². The number of anilines is 1. The van der Waals surface area contributed by atoms with Gasteiger partial charge in [-0.05, 0) is 37.8 Å². The van der Waals surface area contributed by atoms with Crippen molar-refractivity contribution in [2.75, 3.05) is 31.7 Å². The molecule has 1 atom stereocenters. The smallest absolute Gasteiger partial charge is 0.161 e. The van der Waals surface area contributed by atoms with Crippen molar-refractivity contribution in [3.05, 3.63) is 29.8 Å². The maximum Gasteiger partial charge on any atom is 0.161 e. The first-order valence-electron chi connectivity index (χ1n) is 6.57. The van der Waals surface area contributed by atoms with Gasteiger partial charge in [-0.15, -0.1) is 0 Å². The Labute approximate surface area is 109 Å². The average molecular weight is 247 g/mol. The van der Waals surface area contributed by atoms with E-state index >= 15 is 0 Å².